The molecule has 0 saturated carbocycles. The van der Waals surface area contributed by atoms with Crippen molar-refractivity contribution in [3.8, 4) is 0 Å². The highest BCUT2D eigenvalue weighted by Gasteiger charge is 2.22. The second-order valence-electron chi connectivity index (χ2n) is 4.86. The molecule has 17 heavy (non-hydrogen) atoms. The van der Waals surface area contributed by atoms with E-state index in [1.54, 1.807) is 12.1 Å². The average molecular weight is 236 g/mol. The summed E-state index contributed by atoms with van der Waals surface area (Å²) < 4.78 is 5.29. The van der Waals surface area contributed by atoms with Gasteiger partial charge in [-0.2, -0.15) is 0 Å². The summed E-state index contributed by atoms with van der Waals surface area (Å²) in [4.78, 5) is 11.8. The van der Waals surface area contributed by atoms with Crippen molar-refractivity contribution in [3.05, 3.63) is 30.3 Å². The highest BCUT2D eigenvalue weighted by atomic mass is 16.6. The molecule has 0 bridgehead atoms. The minimum atomic E-state index is -0.483. The van der Waals surface area contributed by atoms with Crippen LogP contribution >= 0.6 is 0 Å². The Bertz CT molecular complexity index is 371. The number of rotatable bonds is 2. The summed E-state index contributed by atoms with van der Waals surface area (Å²) in [6, 6.07) is 9.65. The topological polar surface area (TPSA) is 32.8 Å². The summed E-state index contributed by atoms with van der Waals surface area (Å²) in [5, 5.41) is 3.19. The van der Waals surface area contributed by atoms with Crippen LogP contribution in [0.1, 0.15) is 20.8 Å². The number of amides is 1. The normalized spacial score (nSPS) is 10.9. The van der Waals surface area contributed by atoms with Crippen molar-refractivity contribution in [1.29, 1.82) is 0 Å². The molecule has 94 valence electrons. The molecule has 0 spiro atoms. The molecular weight excluding hydrogens is 216 g/mol. The SMILES string of the molecule is CN(C(=O)OC(C)(C)C)N(C)c1ccccc1. The maximum Gasteiger partial charge on any atom is 0.429 e. The van der Waals surface area contributed by atoms with E-state index in [-0.39, 0.29) is 6.09 Å². The highest BCUT2D eigenvalue weighted by Crippen LogP contribution is 2.15. The molecule has 0 saturated heterocycles. The van der Waals surface area contributed by atoms with Gasteiger partial charge in [-0.05, 0) is 32.9 Å². The molecule has 1 aromatic rings. The molecule has 1 rings (SSSR count). The third-order valence-electron chi connectivity index (χ3n) is 2.24. The number of hydrogen-bond acceptors (Lipinski definition) is 3. The Balaban J connectivity index is 2.70. The van der Waals surface area contributed by atoms with Crippen LogP contribution in [0.3, 0.4) is 0 Å². The van der Waals surface area contributed by atoms with Crippen molar-refractivity contribution < 1.29 is 9.53 Å². The zero-order valence-corrected chi connectivity index (χ0v) is 11.1. The number of nitrogens with zero attached hydrogens (tertiary/aromatic N) is 2. The number of carbonyl (C=O) groups is 1. The predicted octanol–water partition coefficient (Wildman–Crippen LogP) is 2.90. The number of ether oxygens (including phenoxy) is 1. The van der Waals surface area contributed by atoms with E-state index >= 15 is 0 Å². The lowest BCUT2D eigenvalue weighted by Gasteiger charge is -2.32. The van der Waals surface area contributed by atoms with E-state index in [4.69, 9.17) is 4.74 Å². The van der Waals surface area contributed by atoms with E-state index in [1.807, 2.05) is 58.2 Å². The van der Waals surface area contributed by atoms with Crippen molar-refractivity contribution in [2.75, 3.05) is 19.1 Å². The zero-order valence-electron chi connectivity index (χ0n) is 11.1. The molecule has 4 heteroatoms. The zero-order chi connectivity index (χ0) is 13.1. The Morgan fingerprint density at radius 1 is 1.12 bits per heavy atom. The molecular formula is C13H20N2O2. The minimum Gasteiger partial charge on any atom is -0.442 e. The average Bonchev–Trinajstić information content (AvgIpc) is 2.26. The molecule has 0 aromatic heterocycles. The second-order valence-corrected chi connectivity index (χ2v) is 4.86. The van der Waals surface area contributed by atoms with Gasteiger partial charge in [0.25, 0.3) is 0 Å². The Hall–Kier alpha value is -1.71. The summed E-state index contributed by atoms with van der Waals surface area (Å²) in [7, 11) is 3.50. The highest BCUT2D eigenvalue weighted by molar-refractivity contribution is 5.70. The fraction of sp³-hybridized carbons (Fsp3) is 0.462. The van der Waals surface area contributed by atoms with Gasteiger partial charge in [-0.3, -0.25) is 5.01 Å². The smallest absolute Gasteiger partial charge is 0.429 e. The van der Waals surface area contributed by atoms with Crippen molar-refractivity contribution in [1.82, 2.24) is 5.01 Å². The fourth-order valence-electron chi connectivity index (χ4n) is 1.27. The molecule has 0 aliphatic rings. The van der Waals surface area contributed by atoms with E-state index in [1.165, 1.54) is 5.01 Å². The van der Waals surface area contributed by atoms with Gasteiger partial charge in [0, 0.05) is 14.1 Å². The second kappa shape index (κ2) is 5.08. The summed E-state index contributed by atoms with van der Waals surface area (Å²) in [6.45, 7) is 5.55. The van der Waals surface area contributed by atoms with Crippen LogP contribution in [0.2, 0.25) is 0 Å². The van der Waals surface area contributed by atoms with Crippen LogP contribution in [0, 0.1) is 0 Å². The molecule has 0 aliphatic carbocycles. The standard InChI is InChI=1S/C13H20N2O2/c1-13(2,3)17-12(16)15(5)14(4)11-9-7-6-8-10-11/h6-10H,1-5H3. The number of carbonyl (C=O) groups excluding carboxylic acids is 1. The molecule has 0 radical (unpaired) electrons. The largest absolute Gasteiger partial charge is 0.442 e. The lowest BCUT2D eigenvalue weighted by molar-refractivity contribution is 0.0288. The van der Waals surface area contributed by atoms with E-state index in [0.29, 0.717) is 0 Å². The number of hydrazine groups is 1. The molecule has 0 atom stereocenters. The first kappa shape index (κ1) is 13.4. The Labute approximate surface area is 103 Å². The van der Waals surface area contributed by atoms with Gasteiger partial charge in [-0.15, -0.1) is 0 Å². The lowest BCUT2D eigenvalue weighted by Crippen LogP contribution is -2.44. The number of anilines is 1. The third kappa shape index (κ3) is 3.98. The van der Waals surface area contributed by atoms with Crippen molar-refractivity contribution in [2.45, 2.75) is 26.4 Å². The van der Waals surface area contributed by atoms with Gasteiger partial charge < -0.3 is 4.74 Å². The molecule has 0 heterocycles. The Morgan fingerprint density at radius 2 is 1.65 bits per heavy atom. The molecule has 0 aliphatic heterocycles. The Morgan fingerprint density at radius 3 is 2.12 bits per heavy atom. The van der Waals surface area contributed by atoms with Crippen molar-refractivity contribution in [2.24, 2.45) is 0 Å². The lowest BCUT2D eigenvalue weighted by atomic mass is 10.2. The van der Waals surface area contributed by atoms with Crippen LogP contribution in [0.15, 0.2) is 30.3 Å². The quantitative estimate of drug-likeness (QED) is 0.740. The molecule has 4 nitrogen and oxygen atoms in total. The molecule has 1 amide bonds. The van der Waals surface area contributed by atoms with E-state index in [2.05, 4.69) is 0 Å². The van der Waals surface area contributed by atoms with Crippen LogP contribution in [0.4, 0.5) is 10.5 Å². The van der Waals surface area contributed by atoms with E-state index in [9.17, 15) is 4.79 Å². The summed E-state index contributed by atoms with van der Waals surface area (Å²) in [5.41, 5.74) is 0.448. The fourth-order valence-corrected chi connectivity index (χ4v) is 1.27. The van der Waals surface area contributed by atoms with Crippen LogP contribution < -0.4 is 5.01 Å². The minimum absolute atomic E-state index is 0.371. The van der Waals surface area contributed by atoms with Gasteiger partial charge in [0.2, 0.25) is 0 Å². The van der Waals surface area contributed by atoms with Gasteiger partial charge in [0.15, 0.2) is 0 Å². The molecule has 0 fully saturated rings. The molecule has 0 unspecified atom stereocenters. The van der Waals surface area contributed by atoms with Crippen LogP contribution in [0.25, 0.3) is 0 Å². The maximum absolute atomic E-state index is 11.8. The number of para-hydroxylation sites is 1. The molecule has 0 N–H and O–H groups in total. The van der Waals surface area contributed by atoms with Crippen LogP contribution in [-0.2, 0) is 4.74 Å². The first-order valence-corrected chi connectivity index (χ1v) is 5.56. The number of benzene rings is 1. The first-order chi connectivity index (χ1) is 7.81. The predicted molar refractivity (Wildman–Crippen MR) is 68.8 cm³/mol. The first-order valence-electron chi connectivity index (χ1n) is 5.56. The summed E-state index contributed by atoms with van der Waals surface area (Å²) in [5.74, 6) is 0. The number of hydrogen-bond donors (Lipinski definition) is 0. The van der Waals surface area contributed by atoms with Gasteiger partial charge in [-0.1, -0.05) is 18.2 Å². The van der Waals surface area contributed by atoms with E-state index < -0.39 is 5.60 Å². The summed E-state index contributed by atoms with van der Waals surface area (Å²) in [6.07, 6.45) is -0.371. The van der Waals surface area contributed by atoms with Crippen LogP contribution in [-0.4, -0.2) is 30.8 Å². The van der Waals surface area contributed by atoms with Crippen LogP contribution in [0.5, 0.6) is 0 Å². The van der Waals surface area contributed by atoms with E-state index in [0.717, 1.165) is 5.69 Å². The monoisotopic (exact) mass is 236 g/mol. The maximum atomic E-state index is 11.8. The van der Waals surface area contributed by atoms with Gasteiger partial charge >= 0.3 is 6.09 Å². The third-order valence-corrected chi connectivity index (χ3v) is 2.24. The van der Waals surface area contributed by atoms with Crippen molar-refractivity contribution in [3.63, 3.8) is 0 Å². The molecule has 1 aromatic carbocycles. The van der Waals surface area contributed by atoms with Gasteiger partial charge in [-0.25, -0.2) is 9.80 Å². The Kier molecular flexibility index (Phi) is 3.99. The van der Waals surface area contributed by atoms with Gasteiger partial charge in [0.05, 0.1) is 5.69 Å². The van der Waals surface area contributed by atoms with Crippen molar-refractivity contribution >= 4 is 11.8 Å². The van der Waals surface area contributed by atoms with Gasteiger partial charge in [0.1, 0.15) is 5.60 Å². The summed E-state index contributed by atoms with van der Waals surface area (Å²) >= 11 is 0.